The number of hydrogen-bond acceptors (Lipinski definition) is 2. The Kier molecular flexibility index (Phi) is 14.3. The van der Waals surface area contributed by atoms with Crippen molar-refractivity contribution in [2.75, 3.05) is 0 Å². The smallest absolute Gasteiger partial charge is 0.126 e. The van der Waals surface area contributed by atoms with Crippen LogP contribution in [0.25, 0.3) is 0 Å². The van der Waals surface area contributed by atoms with E-state index >= 15 is 0 Å². The van der Waals surface area contributed by atoms with Gasteiger partial charge in [-0.25, -0.2) is 0 Å². The summed E-state index contributed by atoms with van der Waals surface area (Å²) < 4.78 is 0. The van der Waals surface area contributed by atoms with Gasteiger partial charge in [-0.05, 0) is 24.6 Å². The van der Waals surface area contributed by atoms with Crippen molar-refractivity contribution in [1.29, 1.82) is 0 Å². The van der Waals surface area contributed by atoms with Gasteiger partial charge in [0.05, 0.1) is 0 Å². The summed E-state index contributed by atoms with van der Waals surface area (Å²) in [5.74, 6) is 0.167. The fraction of sp³-hybridized carbons (Fsp3) is 0.444. The zero-order valence-electron chi connectivity index (χ0n) is 7.63. The van der Waals surface area contributed by atoms with Crippen LogP contribution in [0.1, 0.15) is 27.7 Å². The van der Waals surface area contributed by atoms with E-state index in [1.54, 1.807) is 11.3 Å². The van der Waals surface area contributed by atoms with E-state index in [9.17, 15) is 4.79 Å². The largest absolute Gasteiger partial charge is 0.300 e. The van der Waals surface area contributed by atoms with Crippen molar-refractivity contribution >= 4 is 17.1 Å². The fourth-order valence-electron chi connectivity index (χ4n) is 0.227. The Morgan fingerprint density at radius 3 is 1.45 bits per heavy atom. The van der Waals surface area contributed by atoms with Crippen molar-refractivity contribution in [3.8, 4) is 0 Å². The molecule has 1 aromatic heterocycles. The lowest BCUT2D eigenvalue weighted by Crippen LogP contribution is -1.69. The molecule has 0 aliphatic carbocycles. The van der Waals surface area contributed by atoms with Crippen molar-refractivity contribution in [3.63, 3.8) is 0 Å². The molecule has 0 saturated heterocycles. The monoisotopic (exact) mass is 172 g/mol. The molecule has 0 radical (unpaired) electrons. The van der Waals surface area contributed by atoms with Crippen molar-refractivity contribution in [3.05, 3.63) is 22.9 Å². The van der Waals surface area contributed by atoms with Crippen LogP contribution in [-0.2, 0) is 4.79 Å². The summed E-state index contributed by atoms with van der Waals surface area (Å²) in [6, 6.07) is 4.04. The van der Waals surface area contributed by atoms with E-state index in [2.05, 4.69) is 0 Å². The van der Waals surface area contributed by atoms with Gasteiger partial charge in [0, 0.05) is 0 Å². The van der Waals surface area contributed by atoms with Crippen LogP contribution in [0.15, 0.2) is 22.9 Å². The summed E-state index contributed by atoms with van der Waals surface area (Å²) >= 11 is 1.71. The molecule has 1 nitrogen and oxygen atoms in total. The third kappa shape index (κ3) is 26.7. The maximum atomic E-state index is 9.44. The molecule has 0 saturated carbocycles. The van der Waals surface area contributed by atoms with E-state index in [1.807, 2.05) is 36.7 Å². The molecule has 0 spiro atoms. The Labute approximate surface area is 73.1 Å². The summed E-state index contributed by atoms with van der Waals surface area (Å²) in [5, 5.41) is 4.08. The molecule has 0 atom stereocenters. The first-order chi connectivity index (χ1) is 5.23. The highest BCUT2D eigenvalue weighted by molar-refractivity contribution is 7.07. The van der Waals surface area contributed by atoms with Gasteiger partial charge in [-0.3, -0.25) is 0 Å². The van der Waals surface area contributed by atoms with Crippen LogP contribution in [-0.4, -0.2) is 5.78 Å². The van der Waals surface area contributed by atoms with Crippen molar-refractivity contribution in [2.24, 2.45) is 0 Å². The Morgan fingerprint density at radius 2 is 1.36 bits per heavy atom. The summed E-state index contributed by atoms with van der Waals surface area (Å²) in [6.45, 7) is 7.06. The molecule has 0 aromatic carbocycles. The highest BCUT2D eigenvalue weighted by Crippen LogP contribution is 1.91. The second kappa shape index (κ2) is 12.1. The van der Waals surface area contributed by atoms with Gasteiger partial charge >= 0.3 is 0 Å². The molecule has 0 unspecified atom stereocenters. The normalized spacial score (nSPS) is 6.55. The van der Waals surface area contributed by atoms with Crippen LogP contribution in [0.2, 0.25) is 0 Å². The minimum atomic E-state index is 0.167. The second-order valence-electron chi connectivity index (χ2n) is 1.70. The number of carbonyl (C=O) groups is 1. The van der Waals surface area contributed by atoms with Crippen molar-refractivity contribution < 1.29 is 4.79 Å². The predicted molar refractivity (Wildman–Crippen MR) is 52.0 cm³/mol. The van der Waals surface area contributed by atoms with Gasteiger partial charge in [-0.2, -0.15) is 11.3 Å². The van der Waals surface area contributed by atoms with Crippen LogP contribution in [0.5, 0.6) is 0 Å². The van der Waals surface area contributed by atoms with Crippen LogP contribution in [0, 0.1) is 0 Å². The van der Waals surface area contributed by atoms with Crippen molar-refractivity contribution in [1.82, 2.24) is 0 Å². The van der Waals surface area contributed by atoms with Crippen LogP contribution >= 0.6 is 11.3 Å². The molecular formula is C9H16OS. The number of ketones is 1. The Bertz CT molecular complexity index is 123. The fourth-order valence-corrected chi connectivity index (χ4v) is 0.680. The lowest BCUT2D eigenvalue weighted by atomic mass is 10.6. The molecular weight excluding hydrogens is 156 g/mol. The highest BCUT2D eigenvalue weighted by atomic mass is 32.1. The van der Waals surface area contributed by atoms with E-state index in [0.29, 0.717) is 0 Å². The Balaban J connectivity index is 0. The molecule has 0 amide bonds. The lowest BCUT2D eigenvalue weighted by Gasteiger charge is -1.56. The summed E-state index contributed by atoms with van der Waals surface area (Å²) in [4.78, 5) is 9.44. The van der Waals surface area contributed by atoms with Crippen LogP contribution in [0.3, 0.4) is 0 Å². The molecule has 11 heavy (non-hydrogen) atoms. The molecule has 1 rings (SSSR count). The maximum absolute atomic E-state index is 9.44. The molecule has 2 heteroatoms. The SMILES string of the molecule is CC.CC(C)=O.c1ccsc1. The van der Waals surface area contributed by atoms with Gasteiger partial charge in [0.25, 0.3) is 0 Å². The molecule has 1 aromatic rings. The van der Waals surface area contributed by atoms with E-state index in [1.165, 1.54) is 13.8 Å². The average Bonchev–Trinajstić information content (AvgIpc) is 2.44. The van der Waals surface area contributed by atoms with Crippen molar-refractivity contribution in [2.45, 2.75) is 27.7 Å². The number of Topliss-reactive ketones (excluding diaryl/α,β-unsaturated/α-hetero) is 1. The number of rotatable bonds is 0. The van der Waals surface area contributed by atoms with E-state index < -0.39 is 0 Å². The summed E-state index contributed by atoms with van der Waals surface area (Å²) in [6.07, 6.45) is 0. The lowest BCUT2D eigenvalue weighted by molar-refractivity contribution is -0.114. The second-order valence-corrected chi connectivity index (χ2v) is 2.52. The van der Waals surface area contributed by atoms with Gasteiger partial charge < -0.3 is 4.79 Å². The van der Waals surface area contributed by atoms with Gasteiger partial charge in [0.15, 0.2) is 0 Å². The first-order valence-corrected chi connectivity index (χ1v) is 4.62. The number of thiophene rings is 1. The number of hydrogen-bond donors (Lipinski definition) is 0. The topological polar surface area (TPSA) is 17.1 Å². The van der Waals surface area contributed by atoms with Gasteiger partial charge in [-0.15, -0.1) is 0 Å². The zero-order valence-corrected chi connectivity index (χ0v) is 8.44. The average molecular weight is 172 g/mol. The quantitative estimate of drug-likeness (QED) is 0.586. The minimum Gasteiger partial charge on any atom is -0.300 e. The molecule has 64 valence electrons. The summed E-state index contributed by atoms with van der Waals surface area (Å²) in [5.41, 5.74) is 0. The van der Waals surface area contributed by atoms with Crippen LogP contribution < -0.4 is 0 Å². The molecule has 0 N–H and O–H groups in total. The number of carbonyl (C=O) groups excluding carboxylic acids is 1. The van der Waals surface area contributed by atoms with Gasteiger partial charge in [0.2, 0.25) is 0 Å². The minimum absolute atomic E-state index is 0.167. The molecule has 0 fully saturated rings. The van der Waals surface area contributed by atoms with E-state index in [0.717, 1.165) is 0 Å². The molecule has 1 heterocycles. The van der Waals surface area contributed by atoms with Gasteiger partial charge in [0.1, 0.15) is 5.78 Å². The Morgan fingerprint density at radius 1 is 1.09 bits per heavy atom. The maximum Gasteiger partial charge on any atom is 0.126 e. The van der Waals surface area contributed by atoms with Crippen LogP contribution in [0.4, 0.5) is 0 Å². The first kappa shape index (κ1) is 13.0. The standard InChI is InChI=1S/C4H4S.C3H6O.C2H6/c1-2-4-5-3-1;1-3(2)4;1-2/h1-4H;1-2H3;1-2H3. The molecule has 0 aliphatic rings. The highest BCUT2D eigenvalue weighted by Gasteiger charge is 1.62. The Hall–Kier alpha value is -0.630. The van der Waals surface area contributed by atoms with Gasteiger partial charge in [-0.1, -0.05) is 26.0 Å². The summed E-state index contributed by atoms with van der Waals surface area (Å²) in [7, 11) is 0. The third-order valence-corrected chi connectivity index (χ3v) is 1.05. The zero-order chi connectivity index (χ0) is 9.11. The molecule has 0 bridgehead atoms. The van der Waals surface area contributed by atoms with E-state index in [4.69, 9.17) is 0 Å². The third-order valence-electron chi connectivity index (χ3n) is 0.425. The first-order valence-electron chi connectivity index (χ1n) is 3.68. The predicted octanol–water partition coefficient (Wildman–Crippen LogP) is 3.37. The van der Waals surface area contributed by atoms with E-state index in [-0.39, 0.29) is 5.78 Å². The molecule has 0 aliphatic heterocycles.